The van der Waals surface area contributed by atoms with Gasteiger partial charge in [0.05, 0.1) is 11.2 Å². The molecule has 0 aromatic heterocycles. The highest BCUT2D eigenvalue weighted by molar-refractivity contribution is 14.1. The van der Waals surface area contributed by atoms with E-state index in [2.05, 4.69) is 43.4 Å². The minimum Gasteiger partial charge on any atom is -0.368 e. The van der Waals surface area contributed by atoms with Crippen LogP contribution in [0.4, 0.5) is 0 Å². The summed E-state index contributed by atoms with van der Waals surface area (Å²) < 4.78 is 6.77. The molecule has 0 amide bonds. The molecule has 2 aliphatic heterocycles. The summed E-state index contributed by atoms with van der Waals surface area (Å²) >= 11 is 2.55. The van der Waals surface area contributed by atoms with Gasteiger partial charge in [-0.1, -0.05) is 29.5 Å². The fourth-order valence-corrected chi connectivity index (χ4v) is 3.68. The Labute approximate surface area is 82.0 Å². The molecule has 4 atom stereocenters. The molecule has 0 spiro atoms. The molecule has 2 rings (SSSR count). The molecule has 64 valence electrons. The van der Waals surface area contributed by atoms with Crippen LogP contribution in [0.2, 0.25) is 0 Å². The van der Waals surface area contributed by atoms with E-state index < -0.39 is 0 Å². The van der Waals surface area contributed by atoms with Crippen LogP contribution >= 0.6 is 22.6 Å². The second-order valence-electron chi connectivity index (χ2n) is 4.42. The molecule has 0 aromatic rings. The smallest absolute Gasteiger partial charge is 0.0783 e. The maximum absolute atomic E-state index is 6.06. The van der Waals surface area contributed by atoms with Crippen molar-refractivity contribution in [2.75, 3.05) is 0 Å². The number of ether oxygens (including phenoxy) is 1. The fourth-order valence-electron chi connectivity index (χ4n) is 2.48. The third kappa shape index (κ3) is 0.916. The lowest BCUT2D eigenvalue weighted by molar-refractivity contribution is -0.0346. The van der Waals surface area contributed by atoms with Gasteiger partial charge in [-0.3, -0.25) is 0 Å². The number of fused-ring (bicyclic) bond motifs is 2. The Kier molecular flexibility index (Phi) is 1.61. The molecular weight excluding hydrogens is 251 g/mol. The van der Waals surface area contributed by atoms with E-state index in [0.29, 0.717) is 3.92 Å². The average molecular weight is 266 g/mol. The van der Waals surface area contributed by atoms with Gasteiger partial charge in [-0.25, -0.2) is 0 Å². The predicted octanol–water partition coefficient (Wildman–Crippen LogP) is 2.77. The summed E-state index contributed by atoms with van der Waals surface area (Å²) in [5.41, 5.74) is 0.384. The van der Waals surface area contributed by atoms with Gasteiger partial charge in [0, 0.05) is 3.92 Å². The van der Waals surface area contributed by atoms with Crippen molar-refractivity contribution in [3.63, 3.8) is 0 Å². The molecule has 0 N–H and O–H groups in total. The minimum atomic E-state index is 0.189. The van der Waals surface area contributed by atoms with Crippen molar-refractivity contribution in [2.24, 2.45) is 5.92 Å². The highest BCUT2D eigenvalue weighted by atomic mass is 127. The van der Waals surface area contributed by atoms with Crippen molar-refractivity contribution in [1.82, 2.24) is 0 Å². The van der Waals surface area contributed by atoms with Crippen LogP contribution in [0, 0.1) is 5.92 Å². The van der Waals surface area contributed by atoms with Crippen LogP contribution in [0.5, 0.6) is 0 Å². The molecule has 1 nitrogen and oxygen atoms in total. The van der Waals surface area contributed by atoms with Crippen molar-refractivity contribution in [3.05, 3.63) is 0 Å². The zero-order valence-electron chi connectivity index (χ0n) is 7.36. The summed E-state index contributed by atoms with van der Waals surface area (Å²) in [6.45, 7) is 6.85. The van der Waals surface area contributed by atoms with E-state index in [1.807, 2.05) is 0 Å². The Morgan fingerprint density at radius 2 is 1.82 bits per heavy atom. The second kappa shape index (κ2) is 2.13. The molecular formula is C9H15IO. The lowest BCUT2D eigenvalue weighted by Gasteiger charge is -2.30. The van der Waals surface area contributed by atoms with Crippen LogP contribution < -0.4 is 0 Å². The van der Waals surface area contributed by atoms with Gasteiger partial charge in [-0.05, 0) is 32.6 Å². The van der Waals surface area contributed by atoms with Crippen LogP contribution in [-0.4, -0.2) is 15.1 Å². The Morgan fingerprint density at radius 3 is 2.09 bits per heavy atom. The minimum absolute atomic E-state index is 0.189. The molecule has 11 heavy (non-hydrogen) atoms. The molecule has 2 aliphatic rings. The summed E-state index contributed by atoms with van der Waals surface area (Å²) in [7, 11) is 0. The molecule has 2 heterocycles. The SMILES string of the molecule is C[C@@H]1[C@H](I)[C@]2(C)CC[C@@]1(C)O2. The predicted molar refractivity (Wildman–Crippen MR) is 54.1 cm³/mol. The van der Waals surface area contributed by atoms with Gasteiger partial charge in [0.15, 0.2) is 0 Å². The lowest BCUT2D eigenvalue weighted by Crippen LogP contribution is -2.37. The van der Waals surface area contributed by atoms with Gasteiger partial charge < -0.3 is 4.74 Å². The van der Waals surface area contributed by atoms with Gasteiger partial charge >= 0.3 is 0 Å². The lowest BCUT2D eigenvalue weighted by atomic mass is 9.76. The first-order valence-electron chi connectivity index (χ1n) is 4.32. The van der Waals surface area contributed by atoms with Gasteiger partial charge in [0.1, 0.15) is 0 Å². The first-order valence-corrected chi connectivity index (χ1v) is 5.57. The molecule has 0 unspecified atom stereocenters. The van der Waals surface area contributed by atoms with E-state index in [9.17, 15) is 0 Å². The van der Waals surface area contributed by atoms with E-state index in [4.69, 9.17) is 4.74 Å². The van der Waals surface area contributed by atoms with Gasteiger partial charge in [-0.2, -0.15) is 0 Å². The topological polar surface area (TPSA) is 9.23 Å². The fraction of sp³-hybridized carbons (Fsp3) is 1.00. The zero-order chi connectivity index (χ0) is 8.28. The van der Waals surface area contributed by atoms with Crippen molar-refractivity contribution < 1.29 is 4.74 Å². The Hall–Kier alpha value is 0.690. The van der Waals surface area contributed by atoms with Crippen LogP contribution in [0.25, 0.3) is 0 Å². The van der Waals surface area contributed by atoms with E-state index in [1.54, 1.807) is 0 Å². The number of hydrogen-bond donors (Lipinski definition) is 0. The Bertz CT molecular complexity index is 174. The normalized spacial score (nSPS) is 62.2. The highest BCUT2D eigenvalue weighted by Crippen LogP contribution is 2.56. The van der Waals surface area contributed by atoms with E-state index in [0.717, 1.165) is 5.92 Å². The number of alkyl halides is 1. The maximum atomic E-state index is 6.06. The molecule has 0 aliphatic carbocycles. The van der Waals surface area contributed by atoms with Crippen LogP contribution in [0.1, 0.15) is 33.6 Å². The summed E-state index contributed by atoms with van der Waals surface area (Å²) in [5.74, 6) is 0.724. The van der Waals surface area contributed by atoms with Crippen molar-refractivity contribution in [2.45, 2.75) is 48.7 Å². The third-order valence-electron chi connectivity index (χ3n) is 3.57. The zero-order valence-corrected chi connectivity index (χ0v) is 9.51. The van der Waals surface area contributed by atoms with Gasteiger partial charge in [0.2, 0.25) is 0 Å². The summed E-state index contributed by atoms with van der Waals surface area (Å²) in [6, 6.07) is 0. The average Bonchev–Trinajstić information content (AvgIpc) is 2.32. The summed E-state index contributed by atoms with van der Waals surface area (Å²) in [5, 5.41) is 0. The third-order valence-corrected chi connectivity index (χ3v) is 5.97. The number of hydrogen-bond acceptors (Lipinski definition) is 1. The summed E-state index contributed by atoms with van der Waals surface area (Å²) in [4.78, 5) is 0. The van der Waals surface area contributed by atoms with Crippen molar-refractivity contribution in [1.29, 1.82) is 0 Å². The van der Waals surface area contributed by atoms with E-state index in [-0.39, 0.29) is 11.2 Å². The molecule has 0 radical (unpaired) electrons. The first-order chi connectivity index (χ1) is 4.98. The molecule has 2 heteroatoms. The van der Waals surface area contributed by atoms with Gasteiger partial charge in [-0.15, -0.1) is 0 Å². The quantitative estimate of drug-likeness (QED) is 0.484. The standard InChI is InChI=1S/C9H15IO/c1-6-7(10)9(3)5-4-8(6,2)11-9/h6-7H,4-5H2,1-3H3/t6-,7+,8-,9+/m1/s1. The van der Waals surface area contributed by atoms with Crippen LogP contribution in [0.3, 0.4) is 0 Å². The molecule has 2 bridgehead atoms. The van der Waals surface area contributed by atoms with Crippen LogP contribution in [0.15, 0.2) is 0 Å². The molecule has 2 saturated heterocycles. The van der Waals surface area contributed by atoms with Crippen molar-refractivity contribution in [3.8, 4) is 0 Å². The van der Waals surface area contributed by atoms with E-state index >= 15 is 0 Å². The second-order valence-corrected chi connectivity index (χ2v) is 5.76. The first kappa shape index (κ1) is 8.30. The van der Waals surface area contributed by atoms with Crippen molar-refractivity contribution >= 4 is 22.6 Å². The monoisotopic (exact) mass is 266 g/mol. The van der Waals surface area contributed by atoms with Gasteiger partial charge in [0.25, 0.3) is 0 Å². The number of halogens is 1. The highest BCUT2D eigenvalue weighted by Gasteiger charge is 2.60. The molecule has 0 saturated carbocycles. The largest absolute Gasteiger partial charge is 0.368 e. The molecule has 2 fully saturated rings. The van der Waals surface area contributed by atoms with Crippen LogP contribution in [-0.2, 0) is 4.74 Å². The van der Waals surface area contributed by atoms with E-state index in [1.165, 1.54) is 12.8 Å². The maximum Gasteiger partial charge on any atom is 0.0783 e. The number of rotatable bonds is 0. The molecule has 0 aromatic carbocycles. The summed E-state index contributed by atoms with van der Waals surface area (Å²) in [6.07, 6.45) is 2.51. The Balaban J connectivity index is 2.34. The Morgan fingerprint density at radius 1 is 1.27 bits per heavy atom.